The maximum absolute atomic E-state index is 13.2. The molecule has 0 amide bonds. The van der Waals surface area contributed by atoms with Gasteiger partial charge in [0, 0.05) is 11.1 Å². The number of halogens is 4. The van der Waals surface area contributed by atoms with Crippen LogP contribution in [0, 0.1) is 6.92 Å². The topological polar surface area (TPSA) is 49.1 Å². The minimum absolute atomic E-state index is 0.202. The summed E-state index contributed by atoms with van der Waals surface area (Å²) >= 11 is 12.3. The van der Waals surface area contributed by atoms with Crippen LogP contribution in [-0.2, 0) is 6.54 Å². The highest BCUT2D eigenvalue weighted by Crippen LogP contribution is 2.31. The summed E-state index contributed by atoms with van der Waals surface area (Å²) in [4.78, 5) is 12.5. The summed E-state index contributed by atoms with van der Waals surface area (Å²) in [5.74, 6) is 0.588. The van der Waals surface area contributed by atoms with Crippen molar-refractivity contribution in [1.29, 1.82) is 0 Å². The van der Waals surface area contributed by atoms with Crippen LogP contribution in [0.5, 0.6) is 5.75 Å². The predicted molar refractivity (Wildman–Crippen MR) is 101 cm³/mol. The summed E-state index contributed by atoms with van der Waals surface area (Å²) in [6.07, 6.45) is -1.21. The van der Waals surface area contributed by atoms with Gasteiger partial charge in [-0.15, -0.1) is 0 Å². The third-order valence-electron chi connectivity index (χ3n) is 4.02. The molecule has 0 aliphatic rings. The lowest BCUT2D eigenvalue weighted by molar-refractivity contribution is 0.126. The molecule has 5 nitrogen and oxygen atoms in total. The zero-order valence-corrected chi connectivity index (χ0v) is 15.9. The van der Waals surface area contributed by atoms with Crippen molar-refractivity contribution in [2.45, 2.75) is 19.9 Å². The maximum Gasteiger partial charge on any atom is 0.270 e. The maximum atomic E-state index is 13.2. The molecule has 1 aromatic carbocycles. The SMILES string of the molecule is COc1ccc(-c2c(-n3ncc(C)c3Cl)cc(Cl)c(=O)n2CC(F)F)cc1. The molecule has 3 aromatic rings. The van der Waals surface area contributed by atoms with Crippen LogP contribution in [0.1, 0.15) is 5.56 Å². The fourth-order valence-corrected chi connectivity index (χ4v) is 3.12. The number of aryl methyl sites for hydroxylation is 1. The molecule has 142 valence electrons. The number of alkyl halides is 2. The van der Waals surface area contributed by atoms with E-state index in [1.54, 1.807) is 31.2 Å². The number of ether oxygens (including phenoxy) is 1. The van der Waals surface area contributed by atoms with E-state index in [2.05, 4.69) is 5.10 Å². The van der Waals surface area contributed by atoms with Crippen molar-refractivity contribution >= 4 is 23.2 Å². The number of rotatable bonds is 5. The molecule has 3 rings (SSSR count). The first-order valence-corrected chi connectivity index (χ1v) is 8.65. The normalized spacial score (nSPS) is 11.2. The summed E-state index contributed by atoms with van der Waals surface area (Å²) in [6, 6.07) is 8.04. The summed E-state index contributed by atoms with van der Waals surface area (Å²) in [5.41, 5.74) is 1.05. The molecule has 0 radical (unpaired) electrons. The van der Waals surface area contributed by atoms with Crippen molar-refractivity contribution in [3.63, 3.8) is 0 Å². The molecule has 0 saturated heterocycles. The Hall–Kier alpha value is -2.38. The first kappa shape index (κ1) is 19.4. The van der Waals surface area contributed by atoms with Gasteiger partial charge in [-0.05, 0) is 37.3 Å². The largest absolute Gasteiger partial charge is 0.497 e. The summed E-state index contributed by atoms with van der Waals surface area (Å²) in [5, 5.41) is 4.29. The van der Waals surface area contributed by atoms with E-state index in [1.165, 1.54) is 24.1 Å². The van der Waals surface area contributed by atoms with Crippen molar-refractivity contribution in [1.82, 2.24) is 14.3 Å². The second-order valence-corrected chi connectivity index (χ2v) is 6.56. The van der Waals surface area contributed by atoms with Gasteiger partial charge < -0.3 is 4.74 Å². The molecule has 0 atom stereocenters. The Labute approximate surface area is 163 Å². The van der Waals surface area contributed by atoms with E-state index in [0.717, 1.165) is 4.57 Å². The van der Waals surface area contributed by atoms with Crippen LogP contribution in [0.3, 0.4) is 0 Å². The van der Waals surface area contributed by atoms with E-state index in [4.69, 9.17) is 27.9 Å². The molecule has 9 heteroatoms. The molecule has 0 bridgehead atoms. The minimum atomic E-state index is -2.75. The zero-order valence-electron chi connectivity index (χ0n) is 14.4. The van der Waals surface area contributed by atoms with Gasteiger partial charge in [0.15, 0.2) is 0 Å². The van der Waals surface area contributed by atoms with Crippen molar-refractivity contribution < 1.29 is 13.5 Å². The van der Waals surface area contributed by atoms with Gasteiger partial charge in [-0.2, -0.15) is 5.10 Å². The van der Waals surface area contributed by atoms with Crippen LogP contribution < -0.4 is 10.3 Å². The van der Waals surface area contributed by atoms with Gasteiger partial charge >= 0.3 is 0 Å². The lowest BCUT2D eigenvalue weighted by atomic mass is 10.1. The second kappa shape index (κ2) is 7.70. The molecular weight excluding hydrogens is 399 g/mol. The van der Waals surface area contributed by atoms with E-state index in [9.17, 15) is 13.6 Å². The molecule has 0 fully saturated rings. The van der Waals surface area contributed by atoms with E-state index < -0.39 is 18.5 Å². The highest BCUT2D eigenvalue weighted by atomic mass is 35.5. The Morgan fingerprint density at radius 3 is 2.41 bits per heavy atom. The van der Waals surface area contributed by atoms with Gasteiger partial charge in [0.1, 0.15) is 15.9 Å². The van der Waals surface area contributed by atoms with Crippen molar-refractivity contribution in [2.24, 2.45) is 0 Å². The lowest BCUT2D eigenvalue weighted by Crippen LogP contribution is -2.27. The molecule has 0 unspecified atom stereocenters. The molecule has 0 N–H and O–H groups in total. The average molecular weight is 414 g/mol. The van der Waals surface area contributed by atoms with E-state index in [0.29, 0.717) is 27.7 Å². The van der Waals surface area contributed by atoms with E-state index >= 15 is 0 Å². The Kier molecular flexibility index (Phi) is 5.53. The highest BCUT2D eigenvalue weighted by Gasteiger charge is 2.21. The van der Waals surface area contributed by atoms with Crippen LogP contribution in [0.25, 0.3) is 16.9 Å². The average Bonchev–Trinajstić information content (AvgIpc) is 2.97. The first-order chi connectivity index (χ1) is 12.8. The van der Waals surface area contributed by atoms with Gasteiger partial charge in [0.05, 0.1) is 31.2 Å². The van der Waals surface area contributed by atoms with Gasteiger partial charge in [0.25, 0.3) is 12.0 Å². The minimum Gasteiger partial charge on any atom is -0.497 e. The van der Waals surface area contributed by atoms with Crippen LogP contribution in [-0.4, -0.2) is 27.9 Å². The van der Waals surface area contributed by atoms with Crippen molar-refractivity contribution in [3.05, 3.63) is 62.6 Å². The molecule has 0 aliphatic carbocycles. The third kappa shape index (κ3) is 3.70. The van der Waals surface area contributed by atoms with Crippen molar-refractivity contribution in [2.75, 3.05) is 7.11 Å². The van der Waals surface area contributed by atoms with Gasteiger partial charge in [-0.1, -0.05) is 23.2 Å². The fraction of sp³-hybridized carbons (Fsp3) is 0.222. The smallest absolute Gasteiger partial charge is 0.270 e. The van der Waals surface area contributed by atoms with Gasteiger partial charge in [0.2, 0.25) is 0 Å². The number of pyridine rings is 1. The quantitative estimate of drug-likeness (QED) is 0.614. The zero-order chi connectivity index (χ0) is 19.7. The Morgan fingerprint density at radius 2 is 1.89 bits per heavy atom. The van der Waals surface area contributed by atoms with Crippen LogP contribution in [0.4, 0.5) is 8.78 Å². The molecule has 0 saturated carbocycles. The first-order valence-electron chi connectivity index (χ1n) is 7.90. The van der Waals surface area contributed by atoms with Crippen LogP contribution >= 0.6 is 23.2 Å². The molecule has 0 spiro atoms. The van der Waals surface area contributed by atoms with Gasteiger partial charge in [-0.25, -0.2) is 13.5 Å². The van der Waals surface area contributed by atoms with Crippen molar-refractivity contribution in [3.8, 4) is 22.7 Å². The van der Waals surface area contributed by atoms with Crippen LogP contribution in [0.15, 0.2) is 41.3 Å². The monoisotopic (exact) mass is 413 g/mol. The van der Waals surface area contributed by atoms with Crippen LogP contribution in [0.2, 0.25) is 10.2 Å². The third-order valence-corrected chi connectivity index (χ3v) is 4.74. The fourth-order valence-electron chi connectivity index (χ4n) is 2.73. The summed E-state index contributed by atoms with van der Waals surface area (Å²) in [6.45, 7) is 0.946. The Morgan fingerprint density at radius 1 is 1.22 bits per heavy atom. The Balaban J connectivity index is 2.36. The highest BCUT2D eigenvalue weighted by molar-refractivity contribution is 6.31. The van der Waals surface area contributed by atoms with Gasteiger partial charge in [-0.3, -0.25) is 9.36 Å². The molecule has 2 heterocycles. The number of aromatic nitrogens is 3. The number of hydrogen-bond donors (Lipinski definition) is 0. The van der Waals surface area contributed by atoms with E-state index in [1.807, 2.05) is 0 Å². The molecular formula is C18H15Cl2F2N3O2. The number of hydrogen-bond acceptors (Lipinski definition) is 3. The Bertz CT molecular complexity index is 1030. The number of methoxy groups -OCH3 is 1. The molecule has 0 aliphatic heterocycles. The summed E-state index contributed by atoms with van der Waals surface area (Å²) < 4.78 is 33.8. The number of benzene rings is 1. The van der Waals surface area contributed by atoms with E-state index in [-0.39, 0.29) is 10.7 Å². The lowest BCUT2D eigenvalue weighted by Gasteiger charge is -2.18. The number of nitrogens with zero attached hydrogens (tertiary/aromatic N) is 3. The standard InChI is InChI=1S/C18H15Cl2F2N3O2/c1-10-8-23-25(17(10)20)14-7-13(19)18(26)24(9-15(21)22)16(14)11-3-5-12(27-2)6-4-11/h3-8,15H,9H2,1-2H3. The second-order valence-electron chi connectivity index (χ2n) is 5.79. The summed E-state index contributed by atoms with van der Waals surface area (Å²) in [7, 11) is 1.52. The molecule has 27 heavy (non-hydrogen) atoms. The molecule has 2 aromatic heterocycles. The predicted octanol–water partition coefficient (Wildman–Crippen LogP) is 4.59.